The summed E-state index contributed by atoms with van der Waals surface area (Å²) in [5.41, 5.74) is 1.80. The van der Waals surface area contributed by atoms with Gasteiger partial charge >= 0.3 is 0 Å². The highest BCUT2D eigenvalue weighted by molar-refractivity contribution is 5.76. The first-order valence-electron chi connectivity index (χ1n) is 10.9. The number of halogens is 1. The molecule has 8 nitrogen and oxygen atoms in total. The van der Waals surface area contributed by atoms with Gasteiger partial charge in [-0.3, -0.25) is 0 Å². The molecular formula is C23H26FN7O. The topological polar surface area (TPSA) is 92.0 Å². The third kappa shape index (κ3) is 2.66. The highest BCUT2D eigenvalue weighted by Crippen LogP contribution is 2.68. The Morgan fingerprint density at radius 1 is 1.06 bits per heavy atom. The molecule has 3 heterocycles. The van der Waals surface area contributed by atoms with Crippen LogP contribution in [0, 0.1) is 12.7 Å². The zero-order chi connectivity index (χ0) is 22.3. The van der Waals surface area contributed by atoms with Crippen molar-refractivity contribution in [1.29, 1.82) is 0 Å². The second-order valence-electron chi connectivity index (χ2n) is 10.1. The molecule has 166 valence electrons. The number of fused-ring (bicyclic) bond motifs is 1. The van der Waals surface area contributed by atoms with Crippen molar-refractivity contribution in [2.24, 2.45) is 0 Å². The molecule has 3 aromatic rings. The first kappa shape index (κ1) is 19.5. The number of hydrogen-bond donors (Lipinski definition) is 2. The average Bonchev–Trinajstić information content (AvgIpc) is 3.24. The summed E-state index contributed by atoms with van der Waals surface area (Å²) >= 11 is 0. The Bertz CT molecular complexity index is 1200. The summed E-state index contributed by atoms with van der Waals surface area (Å²) in [6.07, 6.45) is 2.80. The van der Waals surface area contributed by atoms with Crippen LogP contribution in [0.5, 0.6) is 0 Å². The van der Waals surface area contributed by atoms with Crippen molar-refractivity contribution in [2.75, 3.05) is 29.1 Å². The van der Waals surface area contributed by atoms with Gasteiger partial charge in [0.05, 0.1) is 5.41 Å². The van der Waals surface area contributed by atoms with Gasteiger partial charge in [0.1, 0.15) is 17.5 Å². The molecule has 2 N–H and O–H groups in total. The third-order valence-corrected chi connectivity index (χ3v) is 7.14. The number of rotatable bonds is 5. The molecule has 1 aromatic carbocycles. The maximum Gasteiger partial charge on any atom is 0.227 e. The van der Waals surface area contributed by atoms with Crippen molar-refractivity contribution in [1.82, 2.24) is 20.2 Å². The lowest BCUT2D eigenvalue weighted by molar-refractivity contribution is -0.0618. The van der Waals surface area contributed by atoms with Crippen molar-refractivity contribution in [3.05, 3.63) is 47.4 Å². The number of nitrogens with zero attached hydrogens (tertiary/aromatic N) is 5. The number of anilines is 4. The molecule has 0 saturated heterocycles. The van der Waals surface area contributed by atoms with Crippen LogP contribution in [0.4, 0.5) is 27.7 Å². The zero-order valence-electron chi connectivity index (χ0n) is 18.7. The van der Waals surface area contributed by atoms with Gasteiger partial charge in [-0.2, -0.15) is 9.97 Å². The fourth-order valence-electron chi connectivity index (χ4n) is 5.78. The van der Waals surface area contributed by atoms with Crippen LogP contribution in [0.25, 0.3) is 0 Å². The molecule has 2 aromatic heterocycles. The zero-order valence-corrected chi connectivity index (χ0v) is 18.7. The molecule has 4 aliphatic rings. The number of benzene rings is 1. The molecule has 9 heteroatoms. The maximum absolute atomic E-state index is 13.5. The summed E-state index contributed by atoms with van der Waals surface area (Å²) in [7, 11) is 1.89. The Balaban J connectivity index is 1.32. The largest absolute Gasteiger partial charge is 0.425 e. The first-order valence-corrected chi connectivity index (χ1v) is 10.9. The van der Waals surface area contributed by atoms with Crippen LogP contribution in [0.3, 0.4) is 0 Å². The molecule has 0 unspecified atom stereocenters. The van der Waals surface area contributed by atoms with Gasteiger partial charge in [0.15, 0.2) is 0 Å². The third-order valence-electron chi connectivity index (χ3n) is 7.14. The van der Waals surface area contributed by atoms with Gasteiger partial charge in [-0.05, 0) is 43.5 Å². The number of aromatic nitrogens is 4. The molecule has 3 fully saturated rings. The quantitative estimate of drug-likeness (QED) is 0.620. The molecule has 1 aliphatic heterocycles. The van der Waals surface area contributed by atoms with Gasteiger partial charge in [0.2, 0.25) is 17.7 Å². The van der Waals surface area contributed by atoms with E-state index >= 15 is 0 Å². The average molecular weight is 436 g/mol. The van der Waals surface area contributed by atoms with Crippen molar-refractivity contribution in [3.8, 4) is 0 Å². The van der Waals surface area contributed by atoms with Gasteiger partial charge in [-0.15, -0.1) is 10.2 Å². The maximum atomic E-state index is 13.5. The van der Waals surface area contributed by atoms with Gasteiger partial charge in [-0.25, -0.2) is 4.39 Å². The van der Waals surface area contributed by atoms with Crippen LogP contribution >= 0.6 is 0 Å². The summed E-state index contributed by atoms with van der Waals surface area (Å²) in [6.45, 7) is 6.93. The predicted octanol–water partition coefficient (Wildman–Crippen LogP) is 4.06. The summed E-state index contributed by atoms with van der Waals surface area (Å²) in [4.78, 5) is 11.9. The normalized spacial score (nSPS) is 26.8. The van der Waals surface area contributed by atoms with E-state index in [0.29, 0.717) is 11.8 Å². The first-order chi connectivity index (χ1) is 15.2. The fraction of sp³-hybridized carbons (Fsp3) is 0.478. The second-order valence-corrected chi connectivity index (χ2v) is 10.1. The molecule has 7 rings (SSSR count). The SMILES string of the molecule is CNc1nc(NC23CC(c4nnc(C)o4)(C2)C3)nc2c1C(C)(C)CN2c1ccc(F)cc1. The van der Waals surface area contributed by atoms with E-state index < -0.39 is 0 Å². The predicted molar refractivity (Wildman–Crippen MR) is 119 cm³/mol. The van der Waals surface area contributed by atoms with E-state index in [-0.39, 0.29) is 22.2 Å². The minimum atomic E-state index is -0.248. The number of aryl methyl sites for hydroxylation is 1. The molecule has 3 saturated carbocycles. The van der Waals surface area contributed by atoms with E-state index in [1.165, 1.54) is 12.1 Å². The smallest absolute Gasteiger partial charge is 0.227 e. The van der Waals surface area contributed by atoms with E-state index in [4.69, 9.17) is 14.4 Å². The van der Waals surface area contributed by atoms with Crippen LogP contribution in [-0.4, -0.2) is 39.3 Å². The van der Waals surface area contributed by atoms with Crippen molar-refractivity contribution >= 4 is 23.3 Å². The minimum Gasteiger partial charge on any atom is -0.425 e. The Hall–Kier alpha value is -3.23. The molecule has 0 spiro atoms. The van der Waals surface area contributed by atoms with E-state index in [9.17, 15) is 4.39 Å². The Labute approximate surface area is 185 Å². The fourth-order valence-corrected chi connectivity index (χ4v) is 5.78. The Morgan fingerprint density at radius 3 is 2.41 bits per heavy atom. The molecule has 2 bridgehead atoms. The Morgan fingerprint density at radius 2 is 1.78 bits per heavy atom. The van der Waals surface area contributed by atoms with Crippen LogP contribution in [0.2, 0.25) is 0 Å². The van der Waals surface area contributed by atoms with Crippen molar-refractivity contribution in [2.45, 2.75) is 56.4 Å². The van der Waals surface area contributed by atoms with Crippen LogP contribution < -0.4 is 15.5 Å². The van der Waals surface area contributed by atoms with Gasteiger partial charge < -0.3 is 20.0 Å². The van der Waals surface area contributed by atoms with Crippen LogP contribution in [0.15, 0.2) is 28.7 Å². The van der Waals surface area contributed by atoms with Gasteiger partial charge in [-0.1, -0.05) is 13.8 Å². The summed E-state index contributed by atoms with van der Waals surface area (Å²) in [5.74, 6) is 3.39. The lowest BCUT2D eigenvalue weighted by Crippen LogP contribution is -2.73. The summed E-state index contributed by atoms with van der Waals surface area (Å²) < 4.78 is 19.2. The highest BCUT2D eigenvalue weighted by Gasteiger charge is 2.71. The van der Waals surface area contributed by atoms with E-state index in [1.54, 1.807) is 12.1 Å². The molecular weight excluding hydrogens is 409 g/mol. The summed E-state index contributed by atoms with van der Waals surface area (Å²) in [5, 5.41) is 15.1. The number of hydrogen-bond acceptors (Lipinski definition) is 8. The number of nitrogens with one attached hydrogen (secondary N) is 2. The van der Waals surface area contributed by atoms with Crippen molar-refractivity contribution in [3.63, 3.8) is 0 Å². The lowest BCUT2D eigenvalue weighted by Gasteiger charge is -2.68. The Kier molecular flexibility index (Phi) is 3.75. The molecule has 0 radical (unpaired) electrons. The molecule has 3 aliphatic carbocycles. The molecule has 0 atom stereocenters. The molecule has 0 amide bonds. The second kappa shape index (κ2) is 6.17. The minimum absolute atomic E-state index is 0.00103. The van der Waals surface area contributed by atoms with E-state index in [0.717, 1.165) is 54.6 Å². The van der Waals surface area contributed by atoms with E-state index in [2.05, 4.69) is 39.6 Å². The lowest BCUT2D eigenvalue weighted by atomic mass is 9.39. The van der Waals surface area contributed by atoms with Gasteiger partial charge in [0.25, 0.3) is 0 Å². The van der Waals surface area contributed by atoms with Crippen LogP contribution in [0.1, 0.15) is 50.5 Å². The van der Waals surface area contributed by atoms with Crippen molar-refractivity contribution < 1.29 is 8.81 Å². The monoisotopic (exact) mass is 435 g/mol. The standard InChI is InChI=1S/C23H26FN7O/c1-13-29-30-19(32-13)22-9-23(10-22,11-22)28-20-26-17(25-4)16-18(27-20)31(12-21(16,2)3)15-7-5-14(24)6-8-15/h5-8H,9-12H2,1-4H3,(H2,25,26,27,28). The van der Waals surface area contributed by atoms with E-state index in [1.807, 2.05) is 14.0 Å². The van der Waals surface area contributed by atoms with Crippen LogP contribution in [-0.2, 0) is 10.8 Å². The molecule has 32 heavy (non-hydrogen) atoms. The highest BCUT2D eigenvalue weighted by atomic mass is 19.1. The summed E-state index contributed by atoms with van der Waals surface area (Å²) in [6, 6.07) is 6.57. The van der Waals surface area contributed by atoms with Gasteiger partial charge in [0, 0.05) is 42.7 Å².